The maximum Gasteiger partial charge on any atom is 0.331 e. The predicted octanol–water partition coefficient (Wildman–Crippen LogP) is 2.57. The highest BCUT2D eigenvalue weighted by atomic mass is 16.5. The number of hydrogen-bond acceptors (Lipinski definition) is 4. The van der Waals surface area contributed by atoms with Crippen molar-refractivity contribution in [2.24, 2.45) is 0 Å². The van der Waals surface area contributed by atoms with E-state index in [4.69, 9.17) is 9.47 Å². The van der Waals surface area contributed by atoms with Crippen LogP contribution in [0.2, 0.25) is 0 Å². The number of esters is 1. The molecule has 2 heterocycles. The summed E-state index contributed by atoms with van der Waals surface area (Å²) in [6.45, 7) is 6.10. The fraction of sp³-hybridized carbons (Fsp3) is 0.467. The van der Waals surface area contributed by atoms with Gasteiger partial charge in [0.2, 0.25) is 0 Å². The van der Waals surface area contributed by atoms with E-state index >= 15 is 0 Å². The summed E-state index contributed by atoms with van der Waals surface area (Å²) in [6.07, 6.45) is 3.54. The number of ether oxygens (including phenoxy) is 2. The third-order valence-corrected chi connectivity index (χ3v) is 2.96. The van der Waals surface area contributed by atoms with Crippen molar-refractivity contribution in [3.63, 3.8) is 0 Å². The summed E-state index contributed by atoms with van der Waals surface area (Å²) < 4.78 is 12.4. The molecule has 0 N–H and O–H groups in total. The average Bonchev–Trinajstić information content (AvgIpc) is 2.81. The Morgan fingerprint density at radius 3 is 2.80 bits per heavy atom. The normalized spacial score (nSPS) is 13.4. The van der Waals surface area contributed by atoms with E-state index in [1.807, 2.05) is 45.2 Å². The number of nitrogens with zero attached hydrogens (tertiary/aromatic N) is 2. The Hall–Kier alpha value is -1.88. The molecule has 0 aromatic carbocycles. The van der Waals surface area contributed by atoms with Crippen LogP contribution in [0.3, 0.4) is 0 Å². The lowest BCUT2D eigenvalue weighted by Crippen LogP contribution is -2.30. The molecule has 0 spiro atoms. The fourth-order valence-corrected chi connectivity index (χ4v) is 1.96. The van der Waals surface area contributed by atoms with Gasteiger partial charge in [0.25, 0.3) is 0 Å². The van der Waals surface area contributed by atoms with Crippen LogP contribution in [0.15, 0.2) is 30.6 Å². The van der Waals surface area contributed by atoms with Gasteiger partial charge in [0.05, 0.1) is 19.3 Å². The van der Waals surface area contributed by atoms with Crippen LogP contribution in [0.25, 0.3) is 11.0 Å². The molecule has 0 saturated carbocycles. The van der Waals surface area contributed by atoms with Crippen LogP contribution in [-0.4, -0.2) is 34.8 Å². The first-order valence-electron chi connectivity index (χ1n) is 6.56. The average molecular weight is 276 g/mol. The molecular weight excluding hydrogens is 256 g/mol. The van der Waals surface area contributed by atoms with Crippen LogP contribution >= 0.6 is 0 Å². The Bertz CT molecular complexity index is 598. The van der Waals surface area contributed by atoms with Gasteiger partial charge in [0, 0.05) is 17.8 Å². The van der Waals surface area contributed by atoms with Crippen molar-refractivity contribution in [2.45, 2.75) is 32.4 Å². The summed E-state index contributed by atoms with van der Waals surface area (Å²) in [5, 5.41) is 0.983. The quantitative estimate of drug-likeness (QED) is 0.805. The van der Waals surface area contributed by atoms with Crippen LogP contribution < -0.4 is 0 Å². The van der Waals surface area contributed by atoms with E-state index in [0.29, 0.717) is 0 Å². The molecule has 108 valence electrons. The first-order valence-corrected chi connectivity index (χ1v) is 6.56. The summed E-state index contributed by atoms with van der Waals surface area (Å²) in [7, 11) is 1.38. The molecule has 2 aromatic heterocycles. The molecule has 0 aliphatic rings. The van der Waals surface area contributed by atoms with Crippen molar-refractivity contribution in [3.8, 4) is 0 Å². The topological polar surface area (TPSA) is 53.4 Å². The van der Waals surface area contributed by atoms with Gasteiger partial charge in [0.1, 0.15) is 5.65 Å². The monoisotopic (exact) mass is 276 g/mol. The number of pyridine rings is 1. The SMILES string of the molecule is COC(=O)[C@H](COC(C)(C)C)n1ccc2cccnc21. The Morgan fingerprint density at radius 1 is 1.40 bits per heavy atom. The Balaban J connectivity index is 2.33. The maximum absolute atomic E-state index is 12.0. The standard InChI is InChI=1S/C15H20N2O3/c1-15(2,3)20-10-12(14(18)19-4)17-9-7-11-6-5-8-16-13(11)17/h5-9,12H,10H2,1-4H3/t12-/m0/s1. The minimum absolute atomic E-state index is 0.247. The summed E-state index contributed by atoms with van der Waals surface area (Å²) >= 11 is 0. The van der Waals surface area contributed by atoms with Crippen LogP contribution in [-0.2, 0) is 14.3 Å². The lowest BCUT2D eigenvalue weighted by Gasteiger charge is -2.24. The Morgan fingerprint density at radius 2 is 2.15 bits per heavy atom. The van der Waals surface area contributed by atoms with E-state index in [2.05, 4.69) is 4.98 Å². The summed E-state index contributed by atoms with van der Waals surface area (Å²) in [5.74, 6) is -0.336. The molecule has 20 heavy (non-hydrogen) atoms. The van der Waals surface area contributed by atoms with Crippen molar-refractivity contribution in [1.82, 2.24) is 9.55 Å². The van der Waals surface area contributed by atoms with Crippen molar-refractivity contribution < 1.29 is 14.3 Å². The molecule has 0 radical (unpaired) electrons. The van der Waals surface area contributed by atoms with Crippen molar-refractivity contribution in [3.05, 3.63) is 30.6 Å². The molecule has 0 fully saturated rings. The Kier molecular flexibility index (Phi) is 4.09. The molecule has 0 amide bonds. The highest BCUT2D eigenvalue weighted by Gasteiger charge is 2.25. The highest BCUT2D eigenvalue weighted by molar-refractivity contribution is 5.80. The van der Waals surface area contributed by atoms with Crippen LogP contribution in [0.1, 0.15) is 26.8 Å². The third-order valence-electron chi connectivity index (χ3n) is 2.96. The second-order valence-electron chi connectivity index (χ2n) is 5.60. The van der Waals surface area contributed by atoms with E-state index < -0.39 is 6.04 Å². The van der Waals surface area contributed by atoms with Crippen LogP contribution in [0.5, 0.6) is 0 Å². The number of rotatable bonds is 4. The van der Waals surface area contributed by atoms with E-state index in [-0.39, 0.29) is 18.2 Å². The van der Waals surface area contributed by atoms with Gasteiger partial charge in [-0.3, -0.25) is 0 Å². The summed E-state index contributed by atoms with van der Waals surface area (Å²) in [5.41, 5.74) is 0.434. The van der Waals surface area contributed by atoms with Crippen molar-refractivity contribution in [2.75, 3.05) is 13.7 Å². The van der Waals surface area contributed by atoms with E-state index in [1.165, 1.54) is 7.11 Å². The number of methoxy groups -OCH3 is 1. The molecule has 1 atom stereocenters. The second-order valence-corrected chi connectivity index (χ2v) is 5.60. The highest BCUT2D eigenvalue weighted by Crippen LogP contribution is 2.21. The molecule has 0 unspecified atom stereocenters. The van der Waals surface area contributed by atoms with Gasteiger partial charge in [-0.2, -0.15) is 0 Å². The van der Waals surface area contributed by atoms with Gasteiger partial charge >= 0.3 is 5.97 Å². The van der Waals surface area contributed by atoms with Gasteiger partial charge in [0.15, 0.2) is 6.04 Å². The van der Waals surface area contributed by atoms with Crippen molar-refractivity contribution >= 4 is 17.0 Å². The first-order chi connectivity index (χ1) is 9.42. The number of fused-ring (bicyclic) bond motifs is 1. The predicted molar refractivity (Wildman–Crippen MR) is 76.5 cm³/mol. The van der Waals surface area contributed by atoms with Gasteiger partial charge < -0.3 is 14.0 Å². The molecule has 2 aromatic rings. The number of carbonyl (C=O) groups is 1. The van der Waals surface area contributed by atoms with Gasteiger partial charge in [-0.05, 0) is 39.0 Å². The van der Waals surface area contributed by atoms with Crippen LogP contribution in [0.4, 0.5) is 0 Å². The zero-order valence-electron chi connectivity index (χ0n) is 12.3. The van der Waals surface area contributed by atoms with Crippen LogP contribution in [0, 0.1) is 0 Å². The van der Waals surface area contributed by atoms with Gasteiger partial charge in [-0.15, -0.1) is 0 Å². The fourth-order valence-electron chi connectivity index (χ4n) is 1.96. The zero-order chi connectivity index (χ0) is 14.8. The molecule has 5 nitrogen and oxygen atoms in total. The number of aromatic nitrogens is 2. The van der Waals surface area contributed by atoms with Gasteiger partial charge in [-0.1, -0.05) is 0 Å². The van der Waals surface area contributed by atoms with E-state index in [0.717, 1.165) is 11.0 Å². The molecule has 0 bridgehead atoms. The second kappa shape index (κ2) is 5.63. The molecule has 0 saturated heterocycles. The molecule has 0 aliphatic carbocycles. The molecule has 5 heteroatoms. The minimum Gasteiger partial charge on any atom is -0.467 e. The lowest BCUT2D eigenvalue weighted by molar-refractivity contribution is -0.148. The summed E-state index contributed by atoms with van der Waals surface area (Å²) in [6, 6.07) is 5.21. The number of carbonyl (C=O) groups excluding carboxylic acids is 1. The number of hydrogen-bond donors (Lipinski definition) is 0. The van der Waals surface area contributed by atoms with Crippen molar-refractivity contribution in [1.29, 1.82) is 0 Å². The molecular formula is C15H20N2O3. The smallest absolute Gasteiger partial charge is 0.331 e. The lowest BCUT2D eigenvalue weighted by atomic mass is 10.2. The first kappa shape index (κ1) is 14.5. The van der Waals surface area contributed by atoms with E-state index in [9.17, 15) is 4.79 Å². The minimum atomic E-state index is -0.536. The Labute approximate surface area is 118 Å². The van der Waals surface area contributed by atoms with Gasteiger partial charge in [-0.25, -0.2) is 9.78 Å². The zero-order valence-corrected chi connectivity index (χ0v) is 12.3. The summed E-state index contributed by atoms with van der Waals surface area (Å²) in [4.78, 5) is 16.3. The molecule has 2 rings (SSSR count). The largest absolute Gasteiger partial charge is 0.467 e. The van der Waals surface area contributed by atoms with E-state index in [1.54, 1.807) is 10.8 Å². The molecule has 0 aliphatic heterocycles. The maximum atomic E-state index is 12.0. The third kappa shape index (κ3) is 3.17.